The Morgan fingerprint density at radius 2 is 2.13 bits per heavy atom. The van der Waals surface area contributed by atoms with Gasteiger partial charge in [-0.15, -0.1) is 0 Å². The lowest BCUT2D eigenvalue weighted by molar-refractivity contribution is -0.148. The molecule has 23 heavy (non-hydrogen) atoms. The van der Waals surface area contributed by atoms with Crippen molar-refractivity contribution in [2.24, 2.45) is 0 Å². The summed E-state index contributed by atoms with van der Waals surface area (Å²) in [6.45, 7) is 2.62. The third kappa shape index (κ3) is 3.85. The van der Waals surface area contributed by atoms with Crippen LogP contribution in [0.5, 0.6) is 5.75 Å². The molecule has 0 spiro atoms. The Bertz CT molecular complexity index is 523. The summed E-state index contributed by atoms with van der Waals surface area (Å²) in [5, 5.41) is 3.25. The lowest BCUT2D eigenvalue weighted by Crippen LogP contribution is -2.51. The van der Waals surface area contributed by atoms with Crippen molar-refractivity contribution < 1.29 is 14.3 Å². The van der Waals surface area contributed by atoms with Crippen LogP contribution < -0.4 is 10.1 Å². The number of carbonyl (C=O) groups is 1. The van der Waals surface area contributed by atoms with Gasteiger partial charge >= 0.3 is 0 Å². The highest BCUT2D eigenvalue weighted by Gasteiger charge is 2.33. The maximum atomic E-state index is 13.0. The number of amides is 1. The van der Waals surface area contributed by atoms with Crippen molar-refractivity contribution >= 4 is 5.91 Å². The minimum Gasteiger partial charge on any atom is -0.496 e. The van der Waals surface area contributed by atoms with Crippen molar-refractivity contribution in [3.8, 4) is 5.75 Å². The minimum atomic E-state index is -0.362. The summed E-state index contributed by atoms with van der Waals surface area (Å²) in [5.41, 5.74) is 1.05. The monoisotopic (exact) mass is 318 g/mol. The quantitative estimate of drug-likeness (QED) is 0.902. The van der Waals surface area contributed by atoms with Crippen LogP contribution in [0.3, 0.4) is 0 Å². The number of ether oxygens (including phenoxy) is 2. The maximum absolute atomic E-state index is 13.0. The fraction of sp³-hybridized carbons (Fsp3) is 0.611. The van der Waals surface area contributed by atoms with Gasteiger partial charge in [-0.2, -0.15) is 0 Å². The molecule has 1 aromatic rings. The van der Waals surface area contributed by atoms with Crippen LogP contribution in [0.15, 0.2) is 24.3 Å². The van der Waals surface area contributed by atoms with E-state index in [0.717, 1.165) is 30.7 Å². The second kappa shape index (κ2) is 7.79. The molecule has 126 valence electrons. The molecule has 1 heterocycles. The van der Waals surface area contributed by atoms with Crippen LogP contribution in [0.1, 0.15) is 31.2 Å². The number of rotatable bonds is 5. The SMILES string of the molecule is COc1ccccc1CN(C(=O)C1CNCCO1)C1CCCC1. The molecule has 1 aromatic carbocycles. The zero-order valence-corrected chi connectivity index (χ0v) is 13.8. The first-order valence-corrected chi connectivity index (χ1v) is 8.54. The number of morpholine rings is 1. The first-order valence-electron chi connectivity index (χ1n) is 8.54. The third-order valence-electron chi connectivity index (χ3n) is 4.78. The van der Waals surface area contributed by atoms with Gasteiger partial charge in [0.25, 0.3) is 5.91 Å². The van der Waals surface area contributed by atoms with Gasteiger partial charge in [0.15, 0.2) is 0 Å². The van der Waals surface area contributed by atoms with E-state index in [1.54, 1.807) is 7.11 Å². The number of hydrogen-bond donors (Lipinski definition) is 1. The Hall–Kier alpha value is -1.59. The molecule has 1 aliphatic heterocycles. The van der Waals surface area contributed by atoms with E-state index >= 15 is 0 Å². The molecule has 1 atom stereocenters. The van der Waals surface area contributed by atoms with Crippen molar-refractivity contribution in [2.45, 2.75) is 44.4 Å². The average molecular weight is 318 g/mol. The van der Waals surface area contributed by atoms with Crippen molar-refractivity contribution in [3.63, 3.8) is 0 Å². The van der Waals surface area contributed by atoms with Gasteiger partial charge in [-0.1, -0.05) is 31.0 Å². The van der Waals surface area contributed by atoms with Crippen LogP contribution in [0, 0.1) is 0 Å². The highest BCUT2D eigenvalue weighted by molar-refractivity contribution is 5.81. The van der Waals surface area contributed by atoms with Gasteiger partial charge in [0.2, 0.25) is 0 Å². The molecule has 0 radical (unpaired) electrons. The molecule has 1 N–H and O–H groups in total. The van der Waals surface area contributed by atoms with Crippen molar-refractivity contribution in [2.75, 3.05) is 26.8 Å². The summed E-state index contributed by atoms with van der Waals surface area (Å²) in [6.07, 6.45) is 4.20. The highest BCUT2D eigenvalue weighted by Crippen LogP contribution is 2.28. The van der Waals surface area contributed by atoms with Crippen molar-refractivity contribution in [1.82, 2.24) is 10.2 Å². The van der Waals surface area contributed by atoms with Gasteiger partial charge in [0.1, 0.15) is 11.9 Å². The van der Waals surface area contributed by atoms with E-state index in [0.29, 0.717) is 25.7 Å². The van der Waals surface area contributed by atoms with E-state index < -0.39 is 0 Å². The van der Waals surface area contributed by atoms with Gasteiger partial charge in [0, 0.05) is 31.2 Å². The molecule has 0 aromatic heterocycles. The Balaban J connectivity index is 1.78. The number of methoxy groups -OCH3 is 1. The van der Waals surface area contributed by atoms with Crippen LogP contribution in [-0.4, -0.2) is 49.8 Å². The van der Waals surface area contributed by atoms with Gasteiger partial charge in [-0.25, -0.2) is 0 Å². The molecular formula is C18H26N2O3. The Kier molecular flexibility index (Phi) is 5.51. The minimum absolute atomic E-state index is 0.106. The first kappa shape index (κ1) is 16.3. The van der Waals surface area contributed by atoms with Gasteiger partial charge < -0.3 is 19.7 Å². The molecule has 5 heteroatoms. The summed E-state index contributed by atoms with van der Waals surface area (Å²) >= 11 is 0. The van der Waals surface area contributed by atoms with Crippen LogP contribution in [0.4, 0.5) is 0 Å². The highest BCUT2D eigenvalue weighted by atomic mass is 16.5. The van der Waals surface area contributed by atoms with E-state index in [9.17, 15) is 4.79 Å². The summed E-state index contributed by atoms with van der Waals surface area (Å²) < 4.78 is 11.1. The molecule has 1 aliphatic carbocycles. The van der Waals surface area contributed by atoms with Gasteiger partial charge in [-0.05, 0) is 18.9 Å². The lowest BCUT2D eigenvalue weighted by Gasteiger charge is -2.34. The largest absolute Gasteiger partial charge is 0.496 e. The molecule has 1 unspecified atom stereocenters. The topological polar surface area (TPSA) is 50.8 Å². The fourth-order valence-electron chi connectivity index (χ4n) is 3.53. The molecule has 1 saturated heterocycles. The summed E-state index contributed by atoms with van der Waals surface area (Å²) in [4.78, 5) is 15.0. The molecule has 1 amide bonds. The van der Waals surface area contributed by atoms with E-state index in [2.05, 4.69) is 5.32 Å². The lowest BCUT2D eigenvalue weighted by atomic mass is 10.1. The number of para-hydroxylation sites is 1. The maximum Gasteiger partial charge on any atom is 0.253 e. The normalized spacial score (nSPS) is 22.0. The van der Waals surface area contributed by atoms with E-state index in [4.69, 9.17) is 9.47 Å². The molecule has 3 rings (SSSR count). The second-order valence-electron chi connectivity index (χ2n) is 6.28. The van der Waals surface area contributed by atoms with E-state index in [1.807, 2.05) is 29.2 Å². The fourth-order valence-corrected chi connectivity index (χ4v) is 3.53. The number of nitrogens with zero attached hydrogens (tertiary/aromatic N) is 1. The van der Waals surface area contributed by atoms with Crippen LogP contribution in [0.25, 0.3) is 0 Å². The number of benzene rings is 1. The number of hydrogen-bond acceptors (Lipinski definition) is 4. The Labute approximate surface area is 137 Å². The van der Waals surface area contributed by atoms with Crippen molar-refractivity contribution in [3.05, 3.63) is 29.8 Å². The second-order valence-corrected chi connectivity index (χ2v) is 6.28. The molecule has 2 aliphatic rings. The number of carbonyl (C=O) groups excluding carboxylic acids is 1. The molecule has 0 bridgehead atoms. The molecular weight excluding hydrogens is 292 g/mol. The predicted octanol–water partition coefficient (Wildman–Crippen LogP) is 1.95. The van der Waals surface area contributed by atoms with E-state index in [1.165, 1.54) is 12.8 Å². The molecule has 1 saturated carbocycles. The average Bonchev–Trinajstić information content (AvgIpc) is 3.14. The van der Waals surface area contributed by atoms with Gasteiger partial charge in [0.05, 0.1) is 13.7 Å². The summed E-state index contributed by atoms with van der Waals surface area (Å²) in [7, 11) is 1.68. The summed E-state index contributed by atoms with van der Waals surface area (Å²) in [6, 6.07) is 8.25. The van der Waals surface area contributed by atoms with Crippen molar-refractivity contribution in [1.29, 1.82) is 0 Å². The molecule has 5 nitrogen and oxygen atoms in total. The van der Waals surface area contributed by atoms with Crippen LogP contribution >= 0.6 is 0 Å². The van der Waals surface area contributed by atoms with Crippen LogP contribution in [0.2, 0.25) is 0 Å². The smallest absolute Gasteiger partial charge is 0.253 e. The third-order valence-corrected chi connectivity index (χ3v) is 4.78. The summed E-state index contributed by atoms with van der Waals surface area (Å²) in [5.74, 6) is 0.945. The van der Waals surface area contributed by atoms with E-state index in [-0.39, 0.29) is 12.0 Å². The first-order chi connectivity index (χ1) is 11.3. The van der Waals surface area contributed by atoms with Crippen LogP contribution in [-0.2, 0) is 16.1 Å². The zero-order chi connectivity index (χ0) is 16.1. The zero-order valence-electron chi connectivity index (χ0n) is 13.8. The Morgan fingerprint density at radius 1 is 1.35 bits per heavy atom. The standard InChI is InChI=1S/C18H26N2O3/c1-22-16-9-5-2-6-14(16)13-20(15-7-3-4-8-15)18(21)17-12-19-10-11-23-17/h2,5-6,9,15,17,19H,3-4,7-8,10-13H2,1H3. The van der Waals surface area contributed by atoms with Gasteiger partial charge in [-0.3, -0.25) is 4.79 Å². The Morgan fingerprint density at radius 3 is 2.83 bits per heavy atom. The predicted molar refractivity (Wildman–Crippen MR) is 88.4 cm³/mol. The molecule has 2 fully saturated rings. The number of nitrogens with one attached hydrogen (secondary N) is 1.